The highest BCUT2D eigenvalue weighted by Crippen LogP contribution is 2.32. The van der Waals surface area contributed by atoms with Gasteiger partial charge in [-0.3, -0.25) is 4.79 Å². The molecule has 0 radical (unpaired) electrons. The van der Waals surface area contributed by atoms with E-state index in [9.17, 15) is 4.79 Å². The molecule has 0 aliphatic carbocycles. The lowest BCUT2D eigenvalue weighted by atomic mass is 9.88. The van der Waals surface area contributed by atoms with Gasteiger partial charge < -0.3 is 15.0 Å². The van der Waals surface area contributed by atoms with E-state index in [1.807, 2.05) is 25.1 Å². The van der Waals surface area contributed by atoms with E-state index in [0.717, 1.165) is 53.8 Å². The maximum Gasteiger partial charge on any atom is 0.168 e. The predicted molar refractivity (Wildman–Crippen MR) is 79.5 cm³/mol. The number of hydrogen-bond donors (Lipinski definition) is 2. The van der Waals surface area contributed by atoms with Crippen molar-refractivity contribution in [1.82, 2.24) is 10.3 Å². The monoisotopic (exact) mass is 272 g/mol. The maximum atomic E-state index is 12.8. The minimum absolute atomic E-state index is 0.139. The summed E-state index contributed by atoms with van der Waals surface area (Å²) in [6.45, 7) is 3.83. The Bertz CT molecular complexity index is 639. The van der Waals surface area contributed by atoms with Crippen molar-refractivity contribution in [3.8, 4) is 5.75 Å². The zero-order valence-electron chi connectivity index (χ0n) is 12.0. The van der Waals surface area contributed by atoms with Crippen LogP contribution in [0.5, 0.6) is 5.75 Å². The molecule has 1 aromatic carbocycles. The van der Waals surface area contributed by atoms with Gasteiger partial charge in [-0.1, -0.05) is 12.1 Å². The first-order valence-electron chi connectivity index (χ1n) is 7.12. The van der Waals surface area contributed by atoms with Crippen LogP contribution in [0, 0.1) is 12.8 Å². The van der Waals surface area contributed by atoms with Crippen LogP contribution in [0.25, 0.3) is 10.9 Å². The Labute approximate surface area is 118 Å². The molecule has 1 aromatic heterocycles. The molecule has 20 heavy (non-hydrogen) atoms. The summed E-state index contributed by atoms with van der Waals surface area (Å²) in [5, 5.41) is 4.28. The summed E-state index contributed by atoms with van der Waals surface area (Å²) < 4.78 is 5.37. The number of carbonyl (C=O) groups excluding carboxylic acids is 1. The summed E-state index contributed by atoms with van der Waals surface area (Å²) in [5.41, 5.74) is 2.70. The van der Waals surface area contributed by atoms with Crippen LogP contribution in [0.1, 0.15) is 28.9 Å². The molecule has 1 aliphatic rings. The third-order valence-corrected chi connectivity index (χ3v) is 4.16. The standard InChI is InChI=1S/C16H20N2O2/c1-10-14(16(19)11-6-8-17-9-7-11)12-4-3-5-13(20-2)15(12)18-10/h3-5,11,17-18H,6-9H2,1-2H3. The fraction of sp³-hybridized carbons (Fsp3) is 0.438. The molecule has 0 saturated carbocycles. The van der Waals surface area contributed by atoms with Gasteiger partial charge in [0, 0.05) is 22.6 Å². The topological polar surface area (TPSA) is 54.1 Å². The molecule has 1 saturated heterocycles. The number of aromatic nitrogens is 1. The van der Waals surface area contributed by atoms with Gasteiger partial charge in [-0.05, 0) is 38.9 Å². The summed E-state index contributed by atoms with van der Waals surface area (Å²) >= 11 is 0. The highest BCUT2D eigenvalue weighted by atomic mass is 16.5. The number of benzene rings is 1. The number of para-hydroxylation sites is 1. The van der Waals surface area contributed by atoms with E-state index < -0.39 is 0 Å². The van der Waals surface area contributed by atoms with Crippen molar-refractivity contribution in [2.24, 2.45) is 5.92 Å². The number of aryl methyl sites for hydroxylation is 1. The van der Waals surface area contributed by atoms with E-state index in [0.29, 0.717) is 0 Å². The molecule has 1 fully saturated rings. The predicted octanol–water partition coefficient (Wildman–Crippen LogP) is 2.67. The van der Waals surface area contributed by atoms with E-state index in [4.69, 9.17) is 4.74 Å². The Morgan fingerprint density at radius 3 is 2.75 bits per heavy atom. The van der Waals surface area contributed by atoms with Gasteiger partial charge in [0.1, 0.15) is 5.75 Å². The number of H-pyrrole nitrogens is 1. The van der Waals surface area contributed by atoms with Crippen molar-refractivity contribution < 1.29 is 9.53 Å². The molecular formula is C16H20N2O2. The number of Topliss-reactive ketones (excluding diaryl/α,β-unsaturated/α-hetero) is 1. The first-order chi connectivity index (χ1) is 9.72. The largest absolute Gasteiger partial charge is 0.495 e. The van der Waals surface area contributed by atoms with Crippen molar-refractivity contribution in [1.29, 1.82) is 0 Å². The second-order valence-corrected chi connectivity index (χ2v) is 5.40. The lowest BCUT2D eigenvalue weighted by molar-refractivity contribution is 0.0896. The zero-order chi connectivity index (χ0) is 14.1. The second-order valence-electron chi connectivity index (χ2n) is 5.40. The van der Waals surface area contributed by atoms with Gasteiger partial charge in [0.2, 0.25) is 0 Å². The van der Waals surface area contributed by atoms with Crippen molar-refractivity contribution in [2.45, 2.75) is 19.8 Å². The molecule has 2 heterocycles. The van der Waals surface area contributed by atoms with Gasteiger partial charge >= 0.3 is 0 Å². The lowest BCUT2D eigenvalue weighted by Gasteiger charge is -2.21. The van der Waals surface area contributed by atoms with Crippen LogP contribution in [0.15, 0.2) is 18.2 Å². The molecule has 4 heteroatoms. The number of methoxy groups -OCH3 is 1. The minimum atomic E-state index is 0.139. The van der Waals surface area contributed by atoms with E-state index in [2.05, 4.69) is 10.3 Å². The fourth-order valence-electron chi connectivity index (χ4n) is 3.10. The first kappa shape index (κ1) is 13.2. The molecule has 0 amide bonds. The Balaban J connectivity index is 2.06. The van der Waals surface area contributed by atoms with Crippen LogP contribution in [-0.4, -0.2) is 31.0 Å². The summed E-state index contributed by atoms with van der Waals surface area (Å²) in [7, 11) is 1.65. The number of hydrogen-bond acceptors (Lipinski definition) is 3. The van der Waals surface area contributed by atoms with Crippen molar-refractivity contribution in [3.63, 3.8) is 0 Å². The van der Waals surface area contributed by atoms with E-state index in [-0.39, 0.29) is 11.7 Å². The number of fused-ring (bicyclic) bond motifs is 1. The first-order valence-corrected chi connectivity index (χ1v) is 7.12. The van der Waals surface area contributed by atoms with E-state index in [1.165, 1.54) is 0 Å². The average molecular weight is 272 g/mol. The van der Waals surface area contributed by atoms with Gasteiger partial charge in [-0.2, -0.15) is 0 Å². The van der Waals surface area contributed by atoms with Gasteiger partial charge in [0.25, 0.3) is 0 Å². The van der Waals surface area contributed by atoms with Gasteiger partial charge in [0.15, 0.2) is 5.78 Å². The summed E-state index contributed by atoms with van der Waals surface area (Å²) in [6.07, 6.45) is 1.85. The number of ether oxygens (including phenoxy) is 1. The normalized spacial score (nSPS) is 16.5. The van der Waals surface area contributed by atoms with Crippen molar-refractivity contribution in [2.75, 3.05) is 20.2 Å². The van der Waals surface area contributed by atoms with E-state index in [1.54, 1.807) is 7.11 Å². The maximum absolute atomic E-state index is 12.8. The molecular weight excluding hydrogens is 252 g/mol. The Morgan fingerprint density at radius 2 is 2.05 bits per heavy atom. The molecule has 0 spiro atoms. The molecule has 0 bridgehead atoms. The van der Waals surface area contributed by atoms with E-state index >= 15 is 0 Å². The van der Waals surface area contributed by atoms with Crippen LogP contribution in [0.3, 0.4) is 0 Å². The van der Waals surface area contributed by atoms with Crippen LogP contribution >= 0.6 is 0 Å². The summed E-state index contributed by atoms with van der Waals surface area (Å²) in [4.78, 5) is 16.1. The number of aromatic amines is 1. The summed E-state index contributed by atoms with van der Waals surface area (Å²) in [5.74, 6) is 1.19. The number of carbonyl (C=O) groups is 1. The van der Waals surface area contributed by atoms with Gasteiger partial charge in [-0.15, -0.1) is 0 Å². The van der Waals surface area contributed by atoms with Crippen LogP contribution in [0.2, 0.25) is 0 Å². The van der Waals surface area contributed by atoms with Gasteiger partial charge in [0.05, 0.1) is 12.6 Å². The quantitative estimate of drug-likeness (QED) is 0.845. The molecule has 3 rings (SSSR count). The SMILES string of the molecule is COc1cccc2c(C(=O)C3CCNCC3)c(C)[nH]c12. The highest BCUT2D eigenvalue weighted by molar-refractivity contribution is 6.11. The van der Waals surface area contributed by atoms with Crippen LogP contribution in [-0.2, 0) is 0 Å². The molecule has 2 aromatic rings. The number of nitrogens with one attached hydrogen (secondary N) is 2. The molecule has 2 N–H and O–H groups in total. The lowest BCUT2D eigenvalue weighted by Crippen LogP contribution is -2.32. The number of piperidine rings is 1. The van der Waals surface area contributed by atoms with Crippen molar-refractivity contribution >= 4 is 16.7 Å². The summed E-state index contributed by atoms with van der Waals surface area (Å²) in [6, 6.07) is 5.85. The van der Waals surface area contributed by atoms with Crippen LogP contribution in [0.4, 0.5) is 0 Å². The third-order valence-electron chi connectivity index (χ3n) is 4.16. The Morgan fingerprint density at radius 1 is 1.30 bits per heavy atom. The molecule has 1 aliphatic heterocycles. The molecule has 0 atom stereocenters. The molecule has 106 valence electrons. The fourth-order valence-corrected chi connectivity index (χ4v) is 3.10. The average Bonchev–Trinajstić information content (AvgIpc) is 2.83. The zero-order valence-corrected chi connectivity index (χ0v) is 12.0. The Kier molecular flexibility index (Phi) is 3.49. The number of rotatable bonds is 3. The molecule has 0 unspecified atom stereocenters. The Hall–Kier alpha value is -1.81. The highest BCUT2D eigenvalue weighted by Gasteiger charge is 2.26. The molecule has 4 nitrogen and oxygen atoms in total. The third kappa shape index (κ3) is 2.10. The second kappa shape index (κ2) is 5.29. The van der Waals surface area contributed by atoms with Gasteiger partial charge in [-0.25, -0.2) is 0 Å². The number of ketones is 1. The smallest absolute Gasteiger partial charge is 0.168 e. The van der Waals surface area contributed by atoms with Crippen molar-refractivity contribution in [3.05, 3.63) is 29.5 Å². The minimum Gasteiger partial charge on any atom is -0.495 e. The van der Waals surface area contributed by atoms with Crippen LogP contribution < -0.4 is 10.1 Å².